The van der Waals surface area contributed by atoms with E-state index in [1.807, 2.05) is 13.8 Å². The average Bonchev–Trinajstić information content (AvgIpc) is 2.89. The van der Waals surface area contributed by atoms with Crippen molar-refractivity contribution in [3.63, 3.8) is 0 Å². The number of rotatable bonds is 4. The molecule has 0 amide bonds. The molecule has 21 heavy (non-hydrogen) atoms. The summed E-state index contributed by atoms with van der Waals surface area (Å²) in [5.74, 6) is 0. The van der Waals surface area contributed by atoms with E-state index in [2.05, 4.69) is 25.2 Å². The number of piperidine rings is 1. The SMILES string of the molecule is Cc1cnc(OC2CCN(Cc3nc(C)cs3)CC2)nc1. The summed E-state index contributed by atoms with van der Waals surface area (Å²) >= 11 is 1.74. The predicted molar refractivity (Wildman–Crippen MR) is 82.5 cm³/mol. The highest BCUT2D eigenvalue weighted by Gasteiger charge is 2.21. The van der Waals surface area contributed by atoms with Crippen LogP contribution in [0.1, 0.15) is 29.1 Å². The average molecular weight is 304 g/mol. The van der Waals surface area contributed by atoms with Gasteiger partial charge in [-0.2, -0.15) is 0 Å². The molecule has 2 aromatic heterocycles. The van der Waals surface area contributed by atoms with E-state index >= 15 is 0 Å². The van der Waals surface area contributed by atoms with Crippen LogP contribution in [0.15, 0.2) is 17.8 Å². The van der Waals surface area contributed by atoms with Crippen LogP contribution in [0, 0.1) is 13.8 Å². The van der Waals surface area contributed by atoms with E-state index < -0.39 is 0 Å². The molecule has 0 N–H and O–H groups in total. The van der Waals surface area contributed by atoms with Gasteiger partial charge in [-0.3, -0.25) is 4.90 Å². The smallest absolute Gasteiger partial charge is 0.316 e. The van der Waals surface area contributed by atoms with Gasteiger partial charge in [0.1, 0.15) is 11.1 Å². The number of aromatic nitrogens is 3. The van der Waals surface area contributed by atoms with Gasteiger partial charge in [-0.05, 0) is 32.3 Å². The first-order valence-electron chi connectivity index (χ1n) is 7.28. The maximum Gasteiger partial charge on any atom is 0.316 e. The topological polar surface area (TPSA) is 51.1 Å². The summed E-state index contributed by atoms with van der Waals surface area (Å²) in [6.07, 6.45) is 5.84. The maximum atomic E-state index is 5.85. The maximum absolute atomic E-state index is 5.85. The molecule has 2 aromatic rings. The number of aryl methyl sites for hydroxylation is 2. The Morgan fingerprint density at radius 2 is 1.95 bits per heavy atom. The summed E-state index contributed by atoms with van der Waals surface area (Å²) in [5, 5.41) is 3.31. The number of ether oxygens (including phenoxy) is 1. The van der Waals surface area contributed by atoms with Gasteiger partial charge in [0.05, 0.1) is 6.54 Å². The number of hydrogen-bond acceptors (Lipinski definition) is 6. The van der Waals surface area contributed by atoms with Gasteiger partial charge in [0.25, 0.3) is 0 Å². The third-order valence-corrected chi connectivity index (χ3v) is 4.54. The second-order valence-electron chi connectivity index (χ2n) is 5.52. The Kier molecular flexibility index (Phi) is 4.45. The molecule has 1 aliphatic rings. The zero-order valence-electron chi connectivity index (χ0n) is 12.5. The minimum Gasteiger partial charge on any atom is -0.460 e. The highest BCUT2D eigenvalue weighted by Crippen LogP contribution is 2.19. The predicted octanol–water partition coefficient (Wildman–Crippen LogP) is 2.59. The van der Waals surface area contributed by atoms with Crippen molar-refractivity contribution < 1.29 is 4.74 Å². The first kappa shape index (κ1) is 14.4. The van der Waals surface area contributed by atoms with Crippen LogP contribution in [0.5, 0.6) is 6.01 Å². The molecule has 3 heterocycles. The third kappa shape index (κ3) is 3.98. The number of likely N-dealkylation sites (tertiary alicyclic amines) is 1. The van der Waals surface area contributed by atoms with Gasteiger partial charge < -0.3 is 4.74 Å². The summed E-state index contributed by atoms with van der Waals surface area (Å²) in [7, 11) is 0. The molecule has 6 heteroatoms. The highest BCUT2D eigenvalue weighted by molar-refractivity contribution is 7.09. The second-order valence-corrected chi connectivity index (χ2v) is 6.46. The number of hydrogen-bond donors (Lipinski definition) is 0. The molecule has 0 aliphatic carbocycles. The zero-order chi connectivity index (χ0) is 14.7. The fourth-order valence-electron chi connectivity index (χ4n) is 2.44. The van der Waals surface area contributed by atoms with E-state index in [9.17, 15) is 0 Å². The van der Waals surface area contributed by atoms with Crippen LogP contribution in [0.4, 0.5) is 0 Å². The molecule has 0 aromatic carbocycles. The lowest BCUT2D eigenvalue weighted by atomic mass is 10.1. The summed E-state index contributed by atoms with van der Waals surface area (Å²) in [5.41, 5.74) is 2.17. The Bertz CT molecular complexity index is 576. The van der Waals surface area contributed by atoms with Gasteiger partial charge in [0.2, 0.25) is 0 Å². The van der Waals surface area contributed by atoms with Crippen LogP contribution in [0.25, 0.3) is 0 Å². The van der Waals surface area contributed by atoms with E-state index in [4.69, 9.17) is 4.74 Å². The van der Waals surface area contributed by atoms with Gasteiger partial charge in [0.15, 0.2) is 0 Å². The minimum absolute atomic E-state index is 0.224. The largest absolute Gasteiger partial charge is 0.460 e. The van der Waals surface area contributed by atoms with Crippen molar-refractivity contribution in [2.45, 2.75) is 39.3 Å². The second kappa shape index (κ2) is 6.49. The fourth-order valence-corrected chi connectivity index (χ4v) is 3.26. The van der Waals surface area contributed by atoms with Crippen molar-refractivity contribution in [3.05, 3.63) is 34.0 Å². The molecule has 0 atom stereocenters. The Balaban J connectivity index is 1.47. The molecule has 112 valence electrons. The summed E-state index contributed by atoms with van der Waals surface area (Å²) < 4.78 is 5.85. The Morgan fingerprint density at radius 1 is 1.24 bits per heavy atom. The Labute approximate surface area is 129 Å². The zero-order valence-corrected chi connectivity index (χ0v) is 13.3. The molecule has 1 saturated heterocycles. The number of nitrogens with zero attached hydrogens (tertiary/aromatic N) is 4. The third-order valence-electron chi connectivity index (χ3n) is 3.59. The van der Waals surface area contributed by atoms with E-state index in [1.165, 1.54) is 5.01 Å². The number of thiazole rings is 1. The molecular weight excluding hydrogens is 284 g/mol. The van der Waals surface area contributed by atoms with Crippen molar-refractivity contribution >= 4 is 11.3 Å². The minimum atomic E-state index is 0.224. The van der Waals surface area contributed by atoms with E-state index in [0.29, 0.717) is 6.01 Å². The van der Waals surface area contributed by atoms with Crippen LogP contribution in [0.3, 0.4) is 0 Å². The van der Waals surface area contributed by atoms with E-state index in [0.717, 1.165) is 43.7 Å². The summed E-state index contributed by atoms with van der Waals surface area (Å²) in [6, 6.07) is 0.495. The van der Waals surface area contributed by atoms with Crippen molar-refractivity contribution in [1.29, 1.82) is 0 Å². The molecule has 0 bridgehead atoms. The first-order valence-corrected chi connectivity index (χ1v) is 8.15. The summed E-state index contributed by atoms with van der Waals surface area (Å²) in [6.45, 7) is 7.04. The van der Waals surface area contributed by atoms with E-state index in [1.54, 1.807) is 23.7 Å². The van der Waals surface area contributed by atoms with Crippen LogP contribution < -0.4 is 4.74 Å². The molecule has 1 aliphatic heterocycles. The monoisotopic (exact) mass is 304 g/mol. The fraction of sp³-hybridized carbons (Fsp3) is 0.533. The van der Waals surface area contributed by atoms with Gasteiger partial charge in [0, 0.05) is 36.6 Å². The first-order chi connectivity index (χ1) is 10.2. The van der Waals surface area contributed by atoms with Crippen molar-refractivity contribution in [1.82, 2.24) is 19.9 Å². The van der Waals surface area contributed by atoms with Crippen LogP contribution in [0.2, 0.25) is 0 Å². The van der Waals surface area contributed by atoms with Gasteiger partial charge in [-0.25, -0.2) is 15.0 Å². The molecule has 0 saturated carbocycles. The highest BCUT2D eigenvalue weighted by atomic mass is 32.1. The van der Waals surface area contributed by atoms with Crippen molar-refractivity contribution in [2.75, 3.05) is 13.1 Å². The molecule has 0 radical (unpaired) electrons. The Hall–Kier alpha value is -1.53. The van der Waals surface area contributed by atoms with Gasteiger partial charge in [-0.1, -0.05) is 0 Å². The lowest BCUT2D eigenvalue weighted by Crippen LogP contribution is -2.38. The molecule has 0 spiro atoms. The molecular formula is C15H20N4OS. The van der Waals surface area contributed by atoms with Crippen LogP contribution in [-0.2, 0) is 6.54 Å². The molecule has 1 fully saturated rings. The lowest BCUT2D eigenvalue weighted by Gasteiger charge is -2.30. The molecule has 5 nitrogen and oxygen atoms in total. The van der Waals surface area contributed by atoms with Crippen molar-refractivity contribution in [2.24, 2.45) is 0 Å². The molecule has 3 rings (SSSR count). The van der Waals surface area contributed by atoms with Crippen LogP contribution >= 0.6 is 11.3 Å². The molecule has 0 unspecified atom stereocenters. The van der Waals surface area contributed by atoms with Gasteiger partial charge in [-0.15, -0.1) is 11.3 Å². The van der Waals surface area contributed by atoms with Crippen molar-refractivity contribution in [3.8, 4) is 6.01 Å². The van der Waals surface area contributed by atoms with Crippen LogP contribution in [-0.4, -0.2) is 39.0 Å². The van der Waals surface area contributed by atoms with E-state index in [-0.39, 0.29) is 6.10 Å². The Morgan fingerprint density at radius 3 is 2.57 bits per heavy atom. The standard InChI is InChI=1S/C15H20N4OS/c1-11-7-16-15(17-8-11)20-13-3-5-19(6-4-13)9-14-18-12(2)10-21-14/h7-8,10,13H,3-6,9H2,1-2H3. The van der Waals surface area contributed by atoms with Gasteiger partial charge >= 0.3 is 6.01 Å². The quantitative estimate of drug-likeness (QED) is 0.869. The lowest BCUT2D eigenvalue weighted by molar-refractivity contribution is 0.0891. The summed E-state index contributed by atoms with van der Waals surface area (Å²) in [4.78, 5) is 15.4. The normalized spacial score (nSPS) is 17.0.